The van der Waals surface area contributed by atoms with Gasteiger partial charge in [0.1, 0.15) is 11.9 Å². The Morgan fingerprint density at radius 1 is 1.07 bits per heavy atom. The molecule has 2 aromatic carbocycles. The van der Waals surface area contributed by atoms with Crippen LogP contribution in [0.15, 0.2) is 66.4 Å². The van der Waals surface area contributed by atoms with Gasteiger partial charge >= 0.3 is 12.1 Å². The summed E-state index contributed by atoms with van der Waals surface area (Å²) in [5, 5.41) is 11.7. The topological polar surface area (TPSA) is 81.6 Å². The van der Waals surface area contributed by atoms with Crippen LogP contribution in [-0.2, 0) is 12.7 Å². The lowest BCUT2D eigenvalue weighted by Gasteiger charge is -2.39. The minimum absolute atomic E-state index is 0.121. The number of carboxylic acids is 1. The molecule has 214 valence electrons. The average Bonchev–Trinajstić information content (AvgIpc) is 3.51. The molecule has 3 aliphatic rings. The van der Waals surface area contributed by atoms with Gasteiger partial charge in [0.25, 0.3) is 0 Å². The minimum atomic E-state index is -4.42. The van der Waals surface area contributed by atoms with E-state index in [1.165, 1.54) is 35.9 Å². The molecule has 7 nitrogen and oxygen atoms in total. The first-order valence-corrected chi connectivity index (χ1v) is 14.1. The Morgan fingerprint density at radius 2 is 1.80 bits per heavy atom. The zero-order valence-corrected chi connectivity index (χ0v) is 22.7. The summed E-state index contributed by atoms with van der Waals surface area (Å²) in [6, 6.07) is 15.5. The Hall–Kier alpha value is -3.92. The van der Waals surface area contributed by atoms with Gasteiger partial charge in [-0.2, -0.15) is 13.2 Å². The van der Waals surface area contributed by atoms with E-state index in [0.717, 1.165) is 49.8 Å². The molecule has 1 saturated carbocycles. The molecule has 2 aliphatic carbocycles. The van der Waals surface area contributed by atoms with Gasteiger partial charge in [0, 0.05) is 12.6 Å². The third kappa shape index (κ3) is 5.28. The first-order chi connectivity index (χ1) is 19.7. The van der Waals surface area contributed by atoms with Crippen molar-refractivity contribution in [1.29, 1.82) is 0 Å². The monoisotopic (exact) mass is 563 g/mol. The summed E-state index contributed by atoms with van der Waals surface area (Å²) in [5.41, 5.74) is 7.86. The number of hydrazine groups is 1. The minimum Gasteiger partial charge on any atom is -0.475 e. The molecule has 2 N–H and O–H groups in total. The van der Waals surface area contributed by atoms with Crippen molar-refractivity contribution in [3.05, 3.63) is 88.9 Å². The molecule has 2 heterocycles. The largest absolute Gasteiger partial charge is 0.475 e. The van der Waals surface area contributed by atoms with E-state index in [1.807, 2.05) is 23.2 Å². The number of fused-ring (bicyclic) bond motifs is 1. The predicted octanol–water partition coefficient (Wildman–Crippen LogP) is 6.68. The molecule has 2 unspecified atom stereocenters. The van der Waals surface area contributed by atoms with Gasteiger partial charge in [-0.25, -0.2) is 20.2 Å². The smallest absolute Gasteiger partial charge is 0.416 e. The number of nitrogens with one attached hydrogen (secondary N) is 1. The van der Waals surface area contributed by atoms with Crippen LogP contribution in [0.5, 0.6) is 0 Å². The maximum Gasteiger partial charge on any atom is 0.416 e. The lowest BCUT2D eigenvalue weighted by atomic mass is 9.81. The second kappa shape index (κ2) is 10.8. The number of anilines is 2. The van der Waals surface area contributed by atoms with E-state index in [2.05, 4.69) is 39.4 Å². The van der Waals surface area contributed by atoms with Crippen LogP contribution in [0.2, 0.25) is 0 Å². The molecule has 10 heteroatoms. The fourth-order valence-electron chi connectivity index (χ4n) is 6.17. The number of aromatic carboxylic acids is 1. The van der Waals surface area contributed by atoms with Crippen molar-refractivity contribution in [3.63, 3.8) is 0 Å². The van der Waals surface area contributed by atoms with Gasteiger partial charge in [0.05, 0.1) is 11.8 Å². The van der Waals surface area contributed by atoms with Gasteiger partial charge in [0.2, 0.25) is 5.82 Å². The fraction of sp³-hybridized carbons (Fsp3) is 0.387. The summed E-state index contributed by atoms with van der Waals surface area (Å²) in [7, 11) is 0. The highest BCUT2D eigenvalue weighted by Gasteiger charge is 2.44. The van der Waals surface area contributed by atoms with Gasteiger partial charge in [-0.3, -0.25) is 5.01 Å². The molecule has 0 bridgehead atoms. The number of allylic oxidation sites excluding steroid dienone is 1. The molecule has 1 aromatic heterocycles. The predicted molar refractivity (Wildman–Crippen MR) is 150 cm³/mol. The van der Waals surface area contributed by atoms with Crippen molar-refractivity contribution < 1.29 is 23.1 Å². The number of rotatable bonds is 8. The lowest BCUT2D eigenvalue weighted by molar-refractivity contribution is -0.137. The van der Waals surface area contributed by atoms with Crippen LogP contribution in [0.4, 0.5) is 24.7 Å². The van der Waals surface area contributed by atoms with E-state index < -0.39 is 17.7 Å². The van der Waals surface area contributed by atoms with Crippen molar-refractivity contribution in [2.24, 2.45) is 5.92 Å². The molecule has 0 radical (unpaired) electrons. The van der Waals surface area contributed by atoms with Gasteiger partial charge in [0.15, 0.2) is 5.82 Å². The van der Waals surface area contributed by atoms with Crippen molar-refractivity contribution in [2.45, 2.75) is 70.4 Å². The normalized spacial score (nSPS) is 19.9. The summed E-state index contributed by atoms with van der Waals surface area (Å²) in [6.45, 7) is 2.44. The Labute approximate surface area is 236 Å². The SMILES string of the molecule is CC(NN1c2nc(C(=O)O)ncc2N(Cc2ccc(C(F)(F)F)cc2)C1C1=C(c2ccccc2)CCC1)C1CCC1. The standard InChI is InChI=1S/C31H32F3N5O2/c1-19(21-9-5-10-21)37-39-28-26(17-35-27(36-28)30(40)41)38(18-20-13-15-23(16-14-20)31(32,33)34)29(39)25-12-6-11-24(25)22-7-3-2-4-8-22/h2-4,7-8,13-17,19,21,29,37H,5-6,9-12,18H2,1H3,(H,40,41). The average molecular weight is 564 g/mol. The van der Waals surface area contributed by atoms with E-state index in [1.54, 1.807) is 0 Å². The Bertz CT molecular complexity index is 1450. The van der Waals surface area contributed by atoms with Crippen molar-refractivity contribution >= 4 is 23.0 Å². The molecule has 0 amide bonds. The van der Waals surface area contributed by atoms with Crippen molar-refractivity contribution in [3.8, 4) is 0 Å². The maximum atomic E-state index is 13.3. The summed E-state index contributed by atoms with van der Waals surface area (Å²) >= 11 is 0. The van der Waals surface area contributed by atoms with Crippen molar-refractivity contribution in [2.75, 3.05) is 9.91 Å². The van der Waals surface area contributed by atoms with Crippen LogP contribution >= 0.6 is 0 Å². The third-order valence-corrected chi connectivity index (χ3v) is 8.55. The molecule has 6 rings (SSSR count). The number of aromatic nitrogens is 2. The Morgan fingerprint density at radius 3 is 2.44 bits per heavy atom. The molecule has 0 spiro atoms. The molecule has 2 atom stereocenters. The van der Waals surface area contributed by atoms with Crippen LogP contribution < -0.4 is 15.3 Å². The van der Waals surface area contributed by atoms with E-state index in [-0.39, 0.29) is 18.0 Å². The van der Waals surface area contributed by atoms with Crippen LogP contribution in [0.3, 0.4) is 0 Å². The van der Waals surface area contributed by atoms with Gasteiger partial charge in [-0.05, 0) is 79.4 Å². The van der Waals surface area contributed by atoms with E-state index >= 15 is 0 Å². The Kier molecular flexibility index (Phi) is 7.19. The van der Waals surface area contributed by atoms with Gasteiger partial charge < -0.3 is 10.0 Å². The first-order valence-electron chi connectivity index (χ1n) is 14.1. The molecule has 0 saturated heterocycles. The van der Waals surface area contributed by atoms with E-state index in [0.29, 0.717) is 29.5 Å². The van der Waals surface area contributed by atoms with Crippen LogP contribution in [0.25, 0.3) is 5.57 Å². The lowest BCUT2D eigenvalue weighted by Crippen LogP contribution is -2.56. The van der Waals surface area contributed by atoms with Gasteiger partial charge in [-0.1, -0.05) is 48.9 Å². The molecular weight excluding hydrogens is 531 g/mol. The highest BCUT2D eigenvalue weighted by Crippen LogP contribution is 2.46. The quantitative estimate of drug-likeness (QED) is 0.317. The van der Waals surface area contributed by atoms with Crippen LogP contribution in [-0.4, -0.2) is 33.3 Å². The number of carboxylic acid groups (broad SMARTS) is 1. The van der Waals surface area contributed by atoms with E-state index in [4.69, 9.17) is 0 Å². The van der Waals surface area contributed by atoms with E-state index in [9.17, 15) is 23.1 Å². The molecular formula is C31H32F3N5O2. The highest BCUT2D eigenvalue weighted by atomic mass is 19.4. The van der Waals surface area contributed by atoms with Crippen LogP contribution in [0.1, 0.15) is 72.8 Å². The highest BCUT2D eigenvalue weighted by molar-refractivity contribution is 5.86. The van der Waals surface area contributed by atoms with Crippen molar-refractivity contribution in [1.82, 2.24) is 15.4 Å². The fourth-order valence-corrected chi connectivity index (χ4v) is 6.17. The van der Waals surface area contributed by atoms with Gasteiger partial charge in [-0.15, -0.1) is 0 Å². The third-order valence-electron chi connectivity index (χ3n) is 8.55. The maximum absolute atomic E-state index is 13.3. The van der Waals surface area contributed by atoms with Crippen LogP contribution in [0, 0.1) is 5.92 Å². The summed E-state index contributed by atoms with van der Waals surface area (Å²) in [4.78, 5) is 22.6. The first kappa shape index (κ1) is 27.3. The zero-order valence-electron chi connectivity index (χ0n) is 22.7. The summed E-state index contributed by atoms with van der Waals surface area (Å²) < 4.78 is 39.8. The zero-order chi connectivity index (χ0) is 28.7. The number of halogens is 3. The Balaban J connectivity index is 1.47. The number of hydrogen-bond acceptors (Lipinski definition) is 6. The summed E-state index contributed by atoms with van der Waals surface area (Å²) in [5.74, 6) is -0.560. The second-order valence-electron chi connectivity index (χ2n) is 11.1. The number of nitrogens with zero attached hydrogens (tertiary/aromatic N) is 4. The second-order valence-corrected chi connectivity index (χ2v) is 11.1. The number of hydrogen-bond donors (Lipinski definition) is 2. The number of alkyl halides is 3. The number of benzene rings is 2. The molecule has 3 aromatic rings. The molecule has 1 fully saturated rings. The molecule has 41 heavy (non-hydrogen) atoms. The summed E-state index contributed by atoms with van der Waals surface area (Å²) in [6.07, 6.45) is 2.89. The molecule has 1 aliphatic heterocycles. The number of carbonyl (C=O) groups is 1.